The molecule has 1 saturated heterocycles. The van der Waals surface area contributed by atoms with Crippen molar-refractivity contribution < 1.29 is 19.4 Å². The Balaban J connectivity index is 1.36. The summed E-state index contributed by atoms with van der Waals surface area (Å²) in [4.78, 5) is 17.0. The number of anilines is 1. The van der Waals surface area contributed by atoms with Gasteiger partial charge in [0, 0.05) is 31.2 Å². The molecule has 0 radical (unpaired) electrons. The third-order valence-corrected chi connectivity index (χ3v) is 4.62. The zero-order valence-corrected chi connectivity index (χ0v) is 14.7. The van der Waals surface area contributed by atoms with Gasteiger partial charge in [-0.15, -0.1) is 0 Å². The monoisotopic (exact) mass is 356 g/mol. The predicted octanol–water partition coefficient (Wildman–Crippen LogP) is 3.23. The second kappa shape index (κ2) is 9.08. The molecule has 0 spiro atoms. The Hall–Kier alpha value is -2.76. The highest BCUT2D eigenvalue weighted by Crippen LogP contribution is 2.25. The SMILES string of the molecule is O=C(O)COc1ccc(OCCC2CCN(c3ccncc3)CC2)cc1. The highest BCUT2D eigenvalue weighted by molar-refractivity contribution is 5.68. The van der Waals surface area contributed by atoms with E-state index in [0.29, 0.717) is 18.3 Å². The van der Waals surface area contributed by atoms with Gasteiger partial charge in [0.1, 0.15) is 11.5 Å². The minimum absolute atomic E-state index is 0.335. The summed E-state index contributed by atoms with van der Waals surface area (Å²) in [7, 11) is 0. The summed E-state index contributed by atoms with van der Waals surface area (Å²) in [6, 6.07) is 11.2. The first-order valence-corrected chi connectivity index (χ1v) is 8.93. The minimum Gasteiger partial charge on any atom is -0.494 e. The van der Waals surface area contributed by atoms with Crippen molar-refractivity contribution in [2.24, 2.45) is 5.92 Å². The van der Waals surface area contributed by atoms with E-state index in [2.05, 4.69) is 22.0 Å². The van der Waals surface area contributed by atoms with E-state index in [-0.39, 0.29) is 6.61 Å². The summed E-state index contributed by atoms with van der Waals surface area (Å²) in [5.74, 6) is 1.01. The molecule has 0 saturated carbocycles. The second-order valence-electron chi connectivity index (χ2n) is 6.43. The zero-order chi connectivity index (χ0) is 18.2. The Morgan fingerprint density at radius 1 is 1.04 bits per heavy atom. The van der Waals surface area contributed by atoms with Crippen LogP contribution >= 0.6 is 0 Å². The molecular weight excluding hydrogens is 332 g/mol. The average molecular weight is 356 g/mol. The van der Waals surface area contributed by atoms with Gasteiger partial charge in [0.15, 0.2) is 6.61 Å². The molecule has 3 rings (SSSR count). The zero-order valence-electron chi connectivity index (χ0n) is 14.7. The number of nitrogens with zero attached hydrogens (tertiary/aromatic N) is 2. The summed E-state index contributed by atoms with van der Waals surface area (Å²) in [5, 5.41) is 8.60. The quantitative estimate of drug-likeness (QED) is 0.783. The number of carboxylic acid groups (broad SMARTS) is 1. The van der Waals surface area contributed by atoms with Gasteiger partial charge in [0.05, 0.1) is 6.61 Å². The average Bonchev–Trinajstić information content (AvgIpc) is 2.68. The van der Waals surface area contributed by atoms with Crippen molar-refractivity contribution >= 4 is 11.7 Å². The third kappa shape index (κ3) is 5.37. The predicted molar refractivity (Wildman–Crippen MR) is 98.9 cm³/mol. The molecule has 6 nitrogen and oxygen atoms in total. The topological polar surface area (TPSA) is 71.9 Å². The molecule has 0 unspecified atom stereocenters. The number of carboxylic acids is 1. The number of hydrogen-bond donors (Lipinski definition) is 1. The van der Waals surface area contributed by atoms with Gasteiger partial charge < -0.3 is 19.5 Å². The number of rotatable bonds is 8. The molecule has 2 heterocycles. The summed E-state index contributed by atoms with van der Waals surface area (Å²) in [6.07, 6.45) is 7.07. The fourth-order valence-corrected chi connectivity index (χ4v) is 3.16. The number of piperidine rings is 1. The minimum atomic E-state index is -0.986. The maximum absolute atomic E-state index is 10.5. The Kier molecular flexibility index (Phi) is 6.30. The largest absolute Gasteiger partial charge is 0.494 e. The molecule has 0 aliphatic carbocycles. The lowest BCUT2D eigenvalue weighted by atomic mass is 9.93. The van der Waals surface area contributed by atoms with Crippen LogP contribution in [0.5, 0.6) is 11.5 Å². The Morgan fingerprint density at radius 3 is 2.27 bits per heavy atom. The number of hydrogen-bond acceptors (Lipinski definition) is 5. The van der Waals surface area contributed by atoms with Gasteiger partial charge in [0.25, 0.3) is 0 Å². The lowest BCUT2D eigenvalue weighted by Gasteiger charge is -2.33. The Morgan fingerprint density at radius 2 is 1.65 bits per heavy atom. The second-order valence-corrected chi connectivity index (χ2v) is 6.43. The number of aromatic nitrogens is 1. The Labute approximate surface area is 153 Å². The number of aliphatic carboxylic acids is 1. The van der Waals surface area contributed by atoms with Gasteiger partial charge in [-0.3, -0.25) is 4.98 Å². The van der Waals surface area contributed by atoms with Crippen LogP contribution in [-0.4, -0.2) is 42.4 Å². The van der Waals surface area contributed by atoms with Gasteiger partial charge >= 0.3 is 5.97 Å². The van der Waals surface area contributed by atoms with E-state index in [1.165, 1.54) is 18.5 Å². The number of carbonyl (C=O) groups is 1. The fourth-order valence-electron chi connectivity index (χ4n) is 3.16. The summed E-state index contributed by atoms with van der Waals surface area (Å²) in [6.45, 7) is 2.50. The fraction of sp³-hybridized carbons (Fsp3) is 0.400. The van der Waals surface area contributed by atoms with Gasteiger partial charge in [-0.25, -0.2) is 4.79 Å². The lowest BCUT2D eigenvalue weighted by Crippen LogP contribution is -2.34. The molecule has 0 bridgehead atoms. The molecule has 0 amide bonds. The van der Waals surface area contributed by atoms with Crippen LogP contribution in [0.25, 0.3) is 0 Å². The van der Waals surface area contributed by atoms with Gasteiger partial charge in [-0.1, -0.05) is 0 Å². The molecule has 1 aromatic heterocycles. The molecule has 1 aliphatic rings. The van der Waals surface area contributed by atoms with Crippen LogP contribution in [-0.2, 0) is 4.79 Å². The highest BCUT2D eigenvalue weighted by atomic mass is 16.5. The van der Waals surface area contributed by atoms with E-state index in [1.807, 2.05) is 24.5 Å². The Bertz CT molecular complexity index is 683. The van der Waals surface area contributed by atoms with Gasteiger partial charge in [0.2, 0.25) is 0 Å². The lowest BCUT2D eigenvalue weighted by molar-refractivity contribution is -0.139. The maximum atomic E-state index is 10.5. The van der Waals surface area contributed by atoms with Gasteiger partial charge in [-0.05, 0) is 61.6 Å². The first-order chi connectivity index (χ1) is 12.7. The van der Waals surface area contributed by atoms with Crippen molar-refractivity contribution in [2.75, 3.05) is 31.2 Å². The van der Waals surface area contributed by atoms with Gasteiger partial charge in [-0.2, -0.15) is 0 Å². The normalized spacial score (nSPS) is 14.8. The number of pyridine rings is 1. The highest BCUT2D eigenvalue weighted by Gasteiger charge is 2.19. The summed E-state index contributed by atoms with van der Waals surface area (Å²) >= 11 is 0. The molecule has 2 aromatic rings. The molecule has 1 N–H and O–H groups in total. The molecule has 1 aromatic carbocycles. The number of ether oxygens (including phenoxy) is 2. The van der Waals surface area contributed by atoms with Crippen LogP contribution in [0.3, 0.4) is 0 Å². The van der Waals surface area contributed by atoms with Crippen LogP contribution in [0.1, 0.15) is 19.3 Å². The van der Waals surface area contributed by atoms with E-state index in [1.54, 1.807) is 12.1 Å². The number of benzene rings is 1. The summed E-state index contributed by atoms with van der Waals surface area (Å²) in [5.41, 5.74) is 1.25. The van der Waals surface area contributed by atoms with Crippen LogP contribution in [0, 0.1) is 5.92 Å². The molecule has 1 aliphatic heterocycles. The maximum Gasteiger partial charge on any atom is 0.341 e. The van der Waals surface area contributed by atoms with E-state index >= 15 is 0 Å². The van der Waals surface area contributed by atoms with Crippen LogP contribution < -0.4 is 14.4 Å². The third-order valence-electron chi connectivity index (χ3n) is 4.62. The first-order valence-electron chi connectivity index (χ1n) is 8.93. The molecule has 1 fully saturated rings. The van der Waals surface area contributed by atoms with Crippen LogP contribution in [0.2, 0.25) is 0 Å². The molecule has 6 heteroatoms. The van der Waals surface area contributed by atoms with E-state index < -0.39 is 5.97 Å². The van der Waals surface area contributed by atoms with Crippen LogP contribution in [0.4, 0.5) is 5.69 Å². The first kappa shape index (κ1) is 18.0. The van der Waals surface area contributed by atoms with Crippen molar-refractivity contribution in [3.8, 4) is 11.5 Å². The van der Waals surface area contributed by atoms with Crippen molar-refractivity contribution in [3.63, 3.8) is 0 Å². The van der Waals surface area contributed by atoms with Crippen molar-refractivity contribution in [1.82, 2.24) is 4.98 Å². The van der Waals surface area contributed by atoms with Crippen molar-refractivity contribution in [1.29, 1.82) is 0 Å². The summed E-state index contributed by atoms with van der Waals surface area (Å²) < 4.78 is 10.9. The van der Waals surface area contributed by atoms with Crippen LogP contribution in [0.15, 0.2) is 48.8 Å². The molecule has 26 heavy (non-hydrogen) atoms. The van der Waals surface area contributed by atoms with Crippen molar-refractivity contribution in [2.45, 2.75) is 19.3 Å². The van der Waals surface area contributed by atoms with E-state index in [9.17, 15) is 4.79 Å². The van der Waals surface area contributed by atoms with E-state index in [4.69, 9.17) is 14.6 Å². The standard InChI is InChI=1S/C20H24N2O4/c23-20(24)15-26-19-3-1-18(2-4-19)25-14-9-16-7-12-22(13-8-16)17-5-10-21-11-6-17/h1-6,10-11,16H,7-9,12-15H2,(H,23,24). The molecule has 0 atom stereocenters. The van der Waals surface area contributed by atoms with Crippen molar-refractivity contribution in [3.05, 3.63) is 48.8 Å². The molecular formula is C20H24N2O4. The smallest absolute Gasteiger partial charge is 0.341 e. The van der Waals surface area contributed by atoms with E-state index in [0.717, 1.165) is 25.3 Å². The molecule has 138 valence electrons.